The molecule has 2 aliphatic heterocycles. The van der Waals surface area contributed by atoms with Crippen molar-refractivity contribution in [2.24, 2.45) is 0 Å². The summed E-state index contributed by atoms with van der Waals surface area (Å²) in [4.78, 5) is 26.8. The number of aryl methyl sites for hydroxylation is 1. The lowest BCUT2D eigenvalue weighted by Crippen LogP contribution is -2.64. The van der Waals surface area contributed by atoms with Crippen molar-refractivity contribution in [3.05, 3.63) is 57.4 Å². The van der Waals surface area contributed by atoms with Crippen LogP contribution in [0.5, 0.6) is 11.5 Å². The average molecular weight is 639 g/mol. The van der Waals surface area contributed by atoms with Crippen molar-refractivity contribution in [2.45, 2.75) is 88.6 Å². The van der Waals surface area contributed by atoms with Gasteiger partial charge in [-0.1, -0.05) is 18.2 Å². The number of benzene rings is 3. The number of Topliss-reactive ketones (excluding diaryl/α,β-unsaturated/α-hetero) is 1. The van der Waals surface area contributed by atoms with Crippen LogP contribution >= 0.6 is 0 Å². The summed E-state index contributed by atoms with van der Waals surface area (Å²) in [6.45, 7) is 4.88. The fourth-order valence-corrected chi connectivity index (χ4v) is 7.01. The van der Waals surface area contributed by atoms with E-state index in [0.29, 0.717) is 32.8 Å². The highest BCUT2D eigenvalue weighted by molar-refractivity contribution is 6.27. The Morgan fingerprint density at radius 2 is 1.52 bits per heavy atom. The molecule has 244 valence electrons. The van der Waals surface area contributed by atoms with Gasteiger partial charge in [-0.15, -0.1) is 0 Å². The normalized spacial score (nSPS) is 32.9. The second kappa shape index (κ2) is 11.2. The molecular weight excluding hydrogens is 604 g/mol. The maximum atomic E-state index is 13.6. The quantitative estimate of drug-likeness (QED) is 0.120. The SMILES string of the molecule is COC1C(O)C(C)OC(OC2C(Oc3cccc4c(O)c5c(=O)oc6ccc(C)c7c6c5c(c34)CC7=O)OC(C)C(O)C2O)C1O. The number of ketones is 1. The summed E-state index contributed by atoms with van der Waals surface area (Å²) in [7, 11) is 1.32. The number of methoxy groups -OCH3 is 1. The Balaban J connectivity index is 1.37. The Morgan fingerprint density at radius 1 is 0.804 bits per heavy atom. The van der Waals surface area contributed by atoms with Gasteiger partial charge < -0.3 is 53.6 Å². The van der Waals surface area contributed by atoms with Crippen LogP contribution in [-0.4, -0.2) is 99.8 Å². The molecule has 13 nitrogen and oxygen atoms in total. The lowest BCUT2D eigenvalue weighted by Gasteiger charge is -2.46. The van der Waals surface area contributed by atoms with E-state index in [1.807, 2.05) is 0 Å². The van der Waals surface area contributed by atoms with Crippen molar-refractivity contribution in [1.82, 2.24) is 0 Å². The number of phenolic OH excluding ortho intramolecular Hbond substituents is 1. The number of aliphatic hydroxyl groups excluding tert-OH is 4. The lowest BCUT2D eigenvalue weighted by molar-refractivity contribution is -0.353. The fourth-order valence-electron chi connectivity index (χ4n) is 7.01. The van der Waals surface area contributed by atoms with Gasteiger partial charge in [0.2, 0.25) is 6.29 Å². The van der Waals surface area contributed by atoms with Gasteiger partial charge in [0.1, 0.15) is 53.0 Å². The van der Waals surface area contributed by atoms with Gasteiger partial charge in [-0.3, -0.25) is 4.79 Å². The molecule has 7 rings (SSSR count). The second-order valence-electron chi connectivity index (χ2n) is 12.2. The zero-order valence-electron chi connectivity index (χ0n) is 25.4. The summed E-state index contributed by atoms with van der Waals surface area (Å²) in [6.07, 6.45) is -12.8. The van der Waals surface area contributed by atoms with Crippen molar-refractivity contribution >= 4 is 38.3 Å². The number of hydrogen-bond donors (Lipinski definition) is 5. The number of ether oxygens (including phenoxy) is 5. The van der Waals surface area contributed by atoms with E-state index >= 15 is 0 Å². The lowest BCUT2D eigenvalue weighted by atomic mass is 9.82. The molecule has 0 amide bonds. The Bertz CT molecular complexity index is 1930. The van der Waals surface area contributed by atoms with E-state index < -0.39 is 67.0 Å². The van der Waals surface area contributed by atoms with Crippen LogP contribution in [0.3, 0.4) is 0 Å². The van der Waals surface area contributed by atoms with E-state index in [-0.39, 0.29) is 40.1 Å². The Hall–Kier alpha value is -3.66. The summed E-state index contributed by atoms with van der Waals surface area (Å²) < 4.78 is 34.8. The molecule has 2 saturated heterocycles. The van der Waals surface area contributed by atoms with Crippen molar-refractivity contribution in [3.8, 4) is 11.5 Å². The predicted octanol–water partition coefficient (Wildman–Crippen LogP) is 1.56. The molecule has 0 radical (unpaired) electrons. The summed E-state index contributed by atoms with van der Waals surface area (Å²) >= 11 is 0. The van der Waals surface area contributed by atoms with Crippen LogP contribution in [0.15, 0.2) is 39.5 Å². The highest BCUT2D eigenvalue weighted by Gasteiger charge is 2.50. The molecule has 1 aliphatic carbocycles. The first-order valence-electron chi connectivity index (χ1n) is 15.0. The first kappa shape index (κ1) is 31.0. The number of carbonyl (C=O) groups is 1. The van der Waals surface area contributed by atoms with Crippen LogP contribution < -0.4 is 10.4 Å². The number of carbonyl (C=O) groups excluding carboxylic acids is 1. The molecule has 13 heteroatoms. The number of aromatic hydroxyl groups is 1. The minimum absolute atomic E-state index is 0.0544. The largest absolute Gasteiger partial charge is 0.506 e. The van der Waals surface area contributed by atoms with E-state index in [1.165, 1.54) is 14.0 Å². The third kappa shape index (κ3) is 4.53. The number of aliphatic hydroxyl groups is 4. The molecule has 4 aromatic rings. The second-order valence-corrected chi connectivity index (χ2v) is 12.2. The zero-order chi connectivity index (χ0) is 32.8. The maximum Gasteiger partial charge on any atom is 0.348 e. The zero-order valence-corrected chi connectivity index (χ0v) is 25.4. The van der Waals surface area contributed by atoms with E-state index in [1.54, 1.807) is 44.2 Å². The predicted molar refractivity (Wildman–Crippen MR) is 161 cm³/mol. The van der Waals surface area contributed by atoms with E-state index in [9.17, 15) is 35.1 Å². The molecule has 2 fully saturated rings. The molecule has 10 atom stereocenters. The molecule has 0 spiro atoms. The van der Waals surface area contributed by atoms with E-state index in [2.05, 4.69) is 0 Å². The average Bonchev–Trinajstić information content (AvgIpc) is 3.02. The van der Waals surface area contributed by atoms with Gasteiger partial charge >= 0.3 is 5.63 Å². The molecule has 3 aromatic carbocycles. The first-order chi connectivity index (χ1) is 21.9. The van der Waals surface area contributed by atoms with Gasteiger partial charge in [0.05, 0.1) is 12.2 Å². The van der Waals surface area contributed by atoms with Gasteiger partial charge in [0.15, 0.2) is 18.2 Å². The van der Waals surface area contributed by atoms with Crippen molar-refractivity contribution in [3.63, 3.8) is 0 Å². The Kier molecular flexibility index (Phi) is 7.57. The molecule has 1 aromatic heterocycles. The first-order valence-corrected chi connectivity index (χ1v) is 15.0. The third-order valence-corrected chi connectivity index (χ3v) is 9.39. The van der Waals surface area contributed by atoms with Crippen molar-refractivity contribution in [1.29, 1.82) is 0 Å². The third-order valence-electron chi connectivity index (χ3n) is 9.39. The molecule has 3 aliphatic rings. The minimum Gasteiger partial charge on any atom is -0.506 e. The molecule has 0 saturated carbocycles. The van der Waals surface area contributed by atoms with E-state index in [4.69, 9.17) is 28.1 Å². The van der Waals surface area contributed by atoms with Crippen LogP contribution in [-0.2, 0) is 25.4 Å². The van der Waals surface area contributed by atoms with Gasteiger partial charge in [-0.25, -0.2) is 4.79 Å². The highest BCUT2D eigenvalue weighted by atomic mass is 16.8. The van der Waals surface area contributed by atoms with Crippen LogP contribution in [0.25, 0.3) is 32.5 Å². The number of hydrogen-bond acceptors (Lipinski definition) is 13. The maximum absolute atomic E-state index is 13.6. The number of rotatable bonds is 5. The summed E-state index contributed by atoms with van der Waals surface area (Å²) in [6, 6.07) is 8.05. The summed E-state index contributed by atoms with van der Waals surface area (Å²) in [5.41, 5.74) is 1.00. The van der Waals surface area contributed by atoms with Crippen LogP contribution in [0, 0.1) is 6.92 Å². The molecule has 46 heavy (non-hydrogen) atoms. The standard InChI is InChI=1S/C33H34O13/c1-11-8-9-18-22-19(11)16(34)10-15-20-14(26(37)23(21(15)22)31(40)44-18)6-5-7-17(20)45-33-30(27(38)24(35)12(2)43-33)46-32-28(39)29(41-4)25(36)13(3)42-32/h5-9,12-13,24-25,27-30,32-33,35-39H,10H2,1-4H3. The molecule has 0 bridgehead atoms. The summed E-state index contributed by atoms with van der Waals surface area (Å²) in [5.74, 6) is -0.426. The van der Waals surface area contributed by atoms with Crippen molar-refractivity contribution in [2.75, 3.05) is 7.11 Å². The molecular formula is C33H34O13. The Labute approximate surface area is 261 Å². The molecule has 3 heterocycles. The number of fused-ring (bicyclic) bond motifs is 2. The smallest absolute Gasteiger partial charge is 0.348 e. The van der Waals surface area contributed by atoms with Crippen LogP contribution in [0.2, 0.25) is 0 Å². The number of phenols is 1. The highest BCUT2D eigenvalue weighted by Crippen LogP contribution is 2.47. The van der Waals surface area contributed by atoms with Crippen LogP contribution in [0.1, 0.15) is 35.3 Å². The van der Waals surface area contributed by atoms with Crippen molar-refractivity contribution < 1.29 is 58.4 Å². The van der Waals surface area contributed by atoms with Gasteiger partial charge in [0.25, 0.3) is 0 Å². The van der Waals surface area contributed by atoms with Gasteiger partial charge in [0, 0.05) is 40.6 Å². The van der Waals surface area contributed by atoms with Gasteiger partial charge in [-0.05, 0) is 44.0 Å². The summed E-state index contributed by atoms with van der Waals surface area (Å²) in [5, 5.41) is 55.9. The van der Waals surface area contributed by atoms with Gasteiger partial charge in [-0.2, -0.15) is 0 Å². The molecule has 10 unspecified atom stereocenters. The van der Waals surface area contributed by atoms with Crippen LogP contribution in [0.4, 0.5) is 0 Å². The van der Waals surface area contributed by atoms with E-state index in [0.717, 1.165) is 0 Å². The molecule has 5 N–H and O–H groups in total. The fraction of sp³-hybridized carbons (Fsp3) is 0.455. The Morgan fingerprint density at radius 3 is 2.26 bits per heavy atom. The minimum atomic E-state index is -1.57. The topological polar surface area (TPSA) is 195 Å². The monoisotopic (exact) mass is 638 g/mol.